The summed E-state index contributed by atoms with van der Waals surface area (Å²) in [5, 5.41) is 5.26. The minimum absolute atomic E-state index is 0.678. The van der Waals surface area contributed by atoms with Crippen LogP contribution in [0.5, 0.6) is 5.75 Å². The van der Waals surface area contributed by atoms with Crippen molar-refractivity contribution in [1.29, 1.82) is 0 Å². The van der Waals surface area contributed by atoms with Gasteiger partial charge < -0.3 is 9.64 Å². The van der Waals surface area contributed by atoms with Gasteiger partial charge in [-0.1, -0.05) is 18.2 Å². The Balaban J connectivity index is 2.01. The zero-order valence-electron chi connectivity index (χ0n) is 12.6. The van der Waals surface area contributed by atoms with Gasteiger partial charge in [0.25, 0.3) is 0 Å². The third kappa shape index (κ3) is 2.52. The van der Waals surface area contributed by atoms with Gasteiger partial charge in [-0.2, -0.15) is 5.10 Å². The lowest BCUT2D eigenvalue weighted by Gasteiger charge is -2.20. The maximum absolute atomic E-state index is 5.41. The first kappa shape index (κ1) is 14.8. The van der Waals surface area contributed by atoms with E-state index in [0.717, 1.165) is 32.8 Å². The Bertz CT molecular complexity index is 817. The van der Waals surface area contributed by atoms with E-state index in [9.17, 15) is 0 Å². The summed E-state index contributed by atoms with van der Waals surface area (Å²) in [4.78, 5) is 10.8. The molecule has 0 unspecified atom stereocenters. The second kappa shape index (κ2) is 5.92. The molecule has 6 nitrogen and oxygen atoms in total. The molecule has 0 aliphatic carbocycles. The molecule has 3 rings (SSSR count). The largest absolute Gasteiger partial charge is 0.496 e. The summed E-state index contributed by atoms with van der Waals surface area (Å²) in [6.45, 7) is 0.678. The summed E-state index contributed by atoms with van der Waals surface area (Å²) in [7, 11) is 5.54. The van der Waals surface area contributed by atoms with E-state index in [0.29, 0.717) is 6.54 Å². The molecule has 0 amide bonds. The summed E-state index contributed by atoms with van der Waals surface area (Å²) in [6.07, 6.45) is 1.56. The van der Waals surface area contributed by atoms with Crippen molar-refractivity contribution in [3.8, 4) is 5.75 Å². The van der Waals surface area contributed by atoms with Gasteiger partial charge in [0, 0.05) is 26.2 Å². The van der Waals surface area contributed by atoms with Crippen LogP contribution < -0.4 is 9.64 Å². The minimum Gasteiger partial charge on any atom is -0.496 e. The lowest BCUT2D eigenvalue weighted by atomic mass is 10.2. The average Bonchev–Trinajstić information content (AvgIpc) is 2.82. The molecule has 0 aliphatic rings. The molecule has 0 saturated heterocycles. The highest BCUT2D eigenvalue weighted by molar-refractivity contribution is 9.10. The zero-order chi connectivity index (χ0) is 15.7. The van der Waals surface area contributed by atoms with Gasteiger partial charge in [-0.15, -0.1) is 0 Å². The van der Waals surface area contributed by atoms with E-state index in [1.807, 2.05) is 38.4 Å². The highest BCUT2D eigenvalue weighted by Gasteiger charge is 2.17. The minimum atomic E-state index is 0.678. The first-order valence-corrected chi connectivity index (χ1v) is 7.57. The fraction of sp³-hybridized carbons (Fsp3) is 0.267. The fourth-order valence-corrected chi connectivity index (χ4v) is 3.07. The van der Waals surface area contributed by atoms with Crippen molar-refractivity contribution in [3.63, 3.8) is 0 Å². The molecule has 2 heterocycles. The summed E-state index contributed by atoms with van der Waals surface area (Å²) in [5.74, 6) is 1.70. The number of aryl methyl sites for hydroxylation is 1. The van der Waals surface area contributed by atoms with Gasteiger partial charge in [-0.05, 0) is 22.0 Å². The number of para-hydroxylation sites is 1. The fourth-order valence-electron chi connectivity index (χ4n) is 2.48. The number of methoxy groups -OCH3 is 1. The van der Waals surface area contributed by atoms with E-state index in [1.54, 1.807) is 18.1 Å². The Morgan fingerprint density at radius 3 is 2.82 bits per heavy atom. The van der Waals surface area contributed by atoms with Crippen LogP contribution in [0, 0.1) is 0 Å². The number of hydrogen-bond acceptors (Lipinski definition) is 5. The molecule has 0 bridgehead atoms. The van der Waals surface area contributed by atoms with Gasteiger partial charge in [0.1, 0.15) is 22.5 Å². The van der Waals surface area contributed by atoms with Gasteiger partial charge in [0.05, 0.1) is 12.5 Å². The number of benzene rings is 1. The van der Waals surface area contributed by atoms with Crippen LogP contribution in [0.1, 0.15) is 5.56 Å². The van der Waals surface area contributed by atoms with Crippen LogP contribution in [0.4, 0.5) is 5.82 Å². The monoisotopic (exact) mass is 361 g/mol. The topological polar surface area (TPSA) is 56.1 Å². The summed E-state index contributed by atoms with van der Waals surface area (Å²) >= 11 is 3.49. The maximum Gasteiger partial charge on any atom is 0.164 e. The molecule has 0 saturated carbocycles. The molecule has 0 radical (unpaired) electrons. The molecular weight excluding hydrogens is 346 g/mol. The third-order valence-corrected chi connectivity index (χ3v) is 4.07. The smallest absolute Gasteiger partial charge is 0.164 e. The summed E-state index contributed by atoms with van der Waals surface area (Å²) < 4.78 is 7.89. The van der Waals surface area contributed by atoms with Gasteiger partial charge >= 0.3 is 0 Å². The molecule has 0 spiro atoms. The molecule has 2 aromatic heterocycles. The van der Waals surface area contributed by atoms with Crippen molar-refractivity contribution in [2.75, 3.05) is 19.1 Å². The van der Waals surface area contributed by atoms with Gasteiger partial charge in [-0.3, -0.25) is 0 Å². The molecule has 3 aromatic rings. The molecule has 1 aromatic carbocycles. The molecule has 114 valence electrons. The Labute approximate surface area is 136 Å². The molecule has 0 atom stereocenters. The predicted octanol–water partition coefficient (Wildman–Crippen LogP) is 2.77. The quantitative estimate of drug-likeness (QED) is 0.714. The molecule has 0 aliphatic heterocycles. The van der Waals surface area contributed by atoms with Crippen LogP contribution in [0.3, 0.4) is 0 Å². The van der Waals surface area contributed by atoms with Crippen LogP contribution >= 0.6 is 15.9 Å². The van der Waals surface area contributed by atoms with E-state index in [-0.39, 0.29) is 0 Å². The lowest BCUT2D eigenvalue weighted by molar-refractivity contribution is 0.409. The average molecular weight is 362 g/mol. The van der Waals surface area contributed by atoms with Crippen molar-refractivity contribution in [2.24, 2.45) is 7.05 Å². The van der Waals surface area contributed by atoms with Crippen LogP contribution in [0.2, 0.25) is 0 Å². The van der Waals surface area contributed by atoms with Gasteiger partial charge in [0.2, 0.25) is 0 Å². The molecule has 7 heteroatoms. The Morgan fingerprint density at radius 1 is 1.27 bits per heavy atom. The van der Waals surface area contributed by atoms with Crippen molar-refractivity contribution in [3.05, 3.63) is 40.8 Å². The van der Waals surface area contributed by atoms with Gasteiger partial charge in [-0.25, -0.2) is 14.6 Å². The zero-order valence-corrected chi connectivity index (χ0v) is 14.2. The molecule has 0 fully saturated rings. The number of hydrogen-bond donors (Lipinski definition) is 0. The first-order valence-electron chi connectivity index (χ1n) is 6.78. The summed E-state index contributed by atoms with van der Waals surface area (Å²) in [5.41, 5.74) is 1.89. The second-order valence-electron chi connectivity index (χ2n) is 4.98. The Hall–Kier alpha value is -2.15. The van der Waals surface area contributed by atoms with E-state index >= 15 is 0 Å². The lowest BCUT2D eigenvalue weighted by Crippen LogP contribution is -2.18. The SMILES string of the molecule is COc1ccccc1CN(C)c1ncnc2c1c(Br)nn2C. The molecule has 22 heavy (non-hydrogen) atoms. The van der Waals surface area contributed by atoms with Crippen molar-refractivity contribution in [2.45, 2.75) is 6.54 Å². The third-order valence-electron chi connectivity index (χ3n) is 3.52. The Morgan fingerprint density at radius 2 is 2.05 bits per heavy atom. The number of nitrogens with zero attached hydrogens (tertiary/aromatic N) is 5. The van der Waals surface area contributed by atoms with E-state index in [2.05, 4.69) is 35.9 Å². The number of anilines is 1. The molecule has 0 N–H and O–H groups in total. The Kier molecular flexibility index (Phi) is 3.98. The maximum atomic E-state index is 5.41. The van der Waals surface area contributed by atoms with Gasteiger partial charge in [0.15, 0.2) is 5.65 Å². The van der Waals surface area contributed by atoms with Crippen molar-refractivity contribution >= 4 is 32.8 Å². The summed E-state index contributed by atoms with van der Waals surface area (Å²) in [6, 6.07) is 7.97. The predicted molar refractivity (Wildman–Crippen MR) is 89.1 cm³/mol. The normalized spacial score (nSPS) is 10.9. The number of rotatable bonds is 4. The van der Waals surface area contributed by atoms with Crippen molar-refractivity contribution < 1.29 is 4.74 Å². The number of aromatic nitrogens is 4. The highest BCUT2D eigenvalue weighted by atomic mass is 79.9. The van der Waals surface area contributed by atoms with E-state index in [4.69, 9.17) is 4.74 Å². The molecular formula is C15H16BrN5O. The van der Waals surface area contributed by atoms with Crippen molar-refractivity contribution in [1.82, 2.24) is 19.7 Å². The van der Waals surface area contributed by atoms with Crippen LogP contribution in [0.15, 0.2) is 35.2 Å². The number of fused-ring (bicyclic) bond motifs is 1. The van der Waals surface area contributed by atoms with Crippen LogP contribution in [-0.2, 0) is 13.6 Å². The van der Waals surface area contributed by atoms with Crippen LogP contribution in [0.25, 0.3) is 11.0 Å². The standard InChI is InChI=1S/C15H16BrN5O/c1-20(8-10-6-4-5-7-11(10)22-3)14-12-13(16)19-21(2)15(12)18-9-17-14/h4-7,9H,8H2,1-3H3. The number of ether oxygens (including phenoxy) is 1. The van der Waals surface area contributed by atoms with E-state index in [1.165, 1.54) is 0 Å². The second-order valence-corrected chi connectivity index (χ2v) is 5.73. The van der Waals surface area contributed by atoms with Crippen LogP contribution in [-0.4, -0.2) is 33.9 Å². The van der Waals surface area contributed by atoms with E-state index < -0.39 is 0 Å². The first-order chi connectivity index (χ1) is 10.6. The highest BCUT2D eigenvalue weighted by Crippen LogP contribution is 2.30. The number of halogens is 1.